The second-order valence-corrected chi connectivity index (χ2v) is 8.01. The van der Waals surface area contributed by atoms with Crippen LogP contribution in [0, 0.1) is 5.82 Å². The molecule has 29 heavy (non-hydrogen) atoms. The van der Waals surface area contributed by atoms with E-state index in [2.05, 4.69) is 18.7 Å². The molecule has 2 aromatic carbocycles. The van der Waals surface area contributed by atoms with Gasteiger partial charge in [-0.25, -0.2) is 4.39 Å². The fourth-order valence-electron chi connectivity index (χ4n) is 3.36. The van der Waals surface area contributed by atoms with Gasteiger partial charge in [0.2, 0.25) is 0 Å². The van der Waals surface area contributed by atoms with Gasteiger partial charge in [0.15, 0.2) is 0 Å². The Morgan fingerprint density at radius 3 is 2.41 bits per heavy atom. The zero-order valence-electron chi connectivity index (χ0n) is 17.3. The number of nitrogens with zero attached hydrogens (tertiary/aromatic N) is 2. The molecule has 0 radical (unpaired) electrons. The summed E-state index contributed by atoms with van der Waals surface area (Å²) in [6, 6.07) is 11.3. The van der Waals surface area contributed by atoms with Crippen molar-refractivity contribution in [2.24, 2.45) is 0 Å². The maximum absolute atomic E-state index is 14.3. The molecule has 1 unspecified atom stereocenters. The average molecular weight is 439 g/mol. The van der Waals surface area contributed by atoms with Gasteiger partial charge in [-0.3, -0.25) is 4.79 Å². The highest BCUT2D eigenvalue weighted by atomic mass is 35.5. The van der Waals surface area contributed by atoms with Crippen molar-refractivity contribution in [3.05, 3.63) is 69.5 Å². The van der Waals surface area contributed by atoms with Crippen molar-refractivity contribution in [2.75, 3.05) is 19.6 Å². The number of carbonyl (C=O) groups excluding carboxylic acids is 1. The summed E-state index contributed by atoms with van der Waals surface area (Å²) in [6.45, 7) is 9.46. The molecule has 3 nitrogen and oxygen atoms in total. The van der Waals surface area contributed by atoms with Crippen molar-refractivity contribution >= 4 is 29.1 Å². The molecule has 2 rings (SSSR count). The predicted octanol–water partition coefficient (Wildman–Crippen LogP) is 6.29. The van der Waals surface area contributed by atoms with Gasteiger partial charge < -0.3 is 9.80 Å². The molecule has 0 aromatic heterocycles. The molecule has 0 aliphatic carbocycles. The topological polar surface area (TPSA) is 23.6 Å². The Morgan fingerprint density at radius 1 is 1.10 bits per heavy atom. The van der Waals surface area contributed by atoms with Gasteiger partial charge in [-0.2, -0.15) is 0 Å². The average Bonchev–Trinajstić information content (AvgIpc) is 2.70. The third kappa shape index (κ3) is 6.70. The minimum absolute atomic E-state index is 0.0654. The van der Waals surface area contributed by atoms with Crippen LogP contribution in [0.5, 0.6) is 0 Å². The lowest BCUT2D eigenvalue weighted by Crippen LogP contribution is -2.39. The lowest BCUT2D eigenvalue weighted by molar-refractivity contribution is 0.0660. The summed E-state index contributed by atoms with van der Waals surface area (Å²) in [7, 11) is 0. The highest BCUT2D eigenvalue weighted by Gasteiger charge is 2.24. The van der Waals surface area contributed by atoms with Crippen LogP contribution in [0.2, 0.25) is 10.0 Å². The van der Waals surface area contributed by atoms with E-state index >= 15 is 0 Å². The molecule has 6 heteroatoms. The summed E-state index contributed by atoms with van der Waals surface area (Å²) in [5, 5.41) is 0.774. The van der Waals surface area contributed by atoms with Crippen LogP contribution in [0.4, 0.5) is 4.39 Å². The SMILES string of the molecule is CCN(CC)CCCC(C)N(Cc1ccccc1F)C(=O)c1ccc(Cl)cc1Cl. The Morgan fingerprint density at radius 2 is 1.79 bits per heavy atom. The molecular formula is C23H29Cl2FN2O. The van der Waals surface area contributed by atoms with E-state index in [4.69, 9.17) is 23.2 Å². The van der Waals surface area contributed by atoms with E-state index in [1.54, 1.807) is 41.3 Å². The molecule has 0 heterocycles. The van der Waals surface area contributed by atoms with Crippen molar-refractivity contribution in [2.45, 2.75) is 46.2 Å². The first-order valence-electron chi connectivity index (χ1n) is 10.1. The zero-order valence-corrected chi connectivity index (χ0v) is 18.8. The predicted molar refractivity (Wildman–Crippen MR) is 119 cm³/mol. The molecule has 0 bridgehead atoms. The molecule has 1 atom stereocenters. The maximum atomic E-state index is 14.3. The lowest BCUT2D eigenvalue weighted by Gasteiger charge is -2.31. The molecule has 0 aliphatic heterocycles. The van der Waals surface area contributed by atoms with Crippen LogP contribution >= 0.6 is 23.2 Å². The highest BCUT2D eigenvalue weighted by molar-refractivity contribution is 6.36. The number of benzene rings is 2. The molecule has 158 valence electrons. The Labute approximate surface area is 183 Å². The molecular weight excluding hydrogens is 410 g/mol. The first-order valence-corrected chi connectivity index (χ1v) is 10.8. The molecule has 0 fully saturated rings. The van der Waals surface area contributed by atoms with Crippen LogP contribution < -0.4 is 0 Å². The van der Waals surface area contributed by atoms with Gasteiger partial charge in [0.25, 0.3) is 5.91 Å². The summed E-state index contributed by atoms with van der Waals surface area (Å²) in [5.41, 5.74) is 0.865. The molecule has 0 saturated heterocycles. The number of rotatable bonds is 10. The van der Waals surface area contributed by atoms with Gasteiger partial charge in [-0.05, 0) is 63.7 Å². The maximum Gasteiger partial charge on any atom is 0.255 e. The number of hydrogen-bond donors (Lipinski definition) is 0. The van der Waals surface area contributed by atoms with E-state index in [1.807, 2.05) is 6.92 Å². The molecule has 0 spiro atoms. The standard InChI is InChI=1S/C23H29Cl2FN2O/c1-4-27(5-2)14-8-9-17(3)28(16-18-10-6-7-11-22(18)26)23(29)20-13-12-19(24)15-21(20)25/h6-7,10-13,15,17H,4-5,8-9,14,16H2,1-3H3. The number of amides is 1. The fourth-order valence-corrected chi connectivity index (χ4v) is 3.85. The van der Waals surface area contributed by atoms with Crippen LogP contribution in [-0.2, 0) is 6.54 Å². The van der Waals surface area contributed by atoms with Gasteiger partial charge in [0.05, 0.1) is 10.6 Å². The minimum Gasteiger partial charge on any atom is -0.331 e. The van der Waals surface area contributed by atoms with Gasteiger partial charge >= 0.3 is 0 Å². The van der Waals surface area contributed by atoms with Crippen molar-refractivity contribution in [3.63, 3.8) is 0 Å². The summed E-state index contributed by atoms with van der Waals surface area (Å²) in [4.78, 5) is 17.4. The summed E-state index contributed by atoms with van der Waals surface area (Å²) >= 11 is 12.3. The molecule has 0 saturated carbocycles. The van der Waals surface area contributed by atoms with Crippen LogP contribution in [0.3, 0.4) is 0 Å². The van der Waals surface area contributed by atoms with Crippen LogP contribution in [0.15, 0.2) is 42.5 Å². The first-order chi connectivity index (χ1) is 13.9. The van der Waals surface area contributed by atoms with Gasteiger partial charge in [0.1, 0.15) is 5.82 Å². The number of carbonyl (C=O) groups is 1. The Bertz CT molecular complexity index is 811. The van der Waals surface area contributed by atoms with Gasteiger partial charge in [-0.15, -0.1) is 0 Å². The fraction of sp³-hybridized carbons (Fsp3) is 0.435. The van der Waals surface area contributed by atoms with Crippen molar-refractivity contribution in [1.29, 1.82) is 0 Å². The molecule has 0 aliphatic rings. The third-order valence-corrected chi connectivity index (χ3v) is 5.79. The number of hydrogen-bond acceptors (Lipinski definition) is 2. The van der Waals surface area contributed by atoms with E-state index in [0.717, 1.165) is 32.5 Å². The first kappa shape index (κ1) is 23.7. The largest absolute Gasteiger partial charge is 0.331 e. The van der Waals surface area contributed by atoms with Crippen molar-refractivity contribution in [3.8, 4) is 0 Å². The van der Waals surface area contributed by atoms with Crippen molar-refractivity contribution < 1.29 is 9.18 Å². The monoisotopic (exact) mass is 438 g/mol. The second kappa shape index (κ2) is 11.5. The van der Waals surface area contributed by atoms with Gasteiger partial charge in [-0.1, -0.05) is 55.2 Å². The van der Waals surface area contributed by atoms with E-state index in [0.29, 0.717) is 21.2 Å². The number of halogens is 3. The smallest absolute Gasteiger partial charge is 0.255 e. The summed E-state index contributed by atoms with van der Waals surface area (Å²) < 4.78 is 14.3. The molecule has 2 aromatic rings. The van der Waals surface area contributed by atoms with Crippen LogP contribution in [0.1, 0.15) is 49.5 Å². The van der Waals surface area contributed by atoms with E-state index < -0.39 is 0 Å². The summed E-state index contributed by atoms with van der Waals surface area (Å²) in [6.07, 6.45) is 1.78. The molecule has 1 amide bonds. The van der Waals surface area contributed by atoms with Gasteiger partial charge in [0, 0.05) is 23.2 Å². The molecule has 0 N–H and O–H groups in total. The lowest BCUT2D eigenvalue weighted by atomic mass is 10.1. The Balaban J connectivity index is 2.22. The minimum atomic E-state index is -0.317. The Kier molecular flexibility index (Phi) is 9.41. The van der Waals surface area contributed by atoms with Crippen LogP contribution in [-0.4, -0.2) is 41.4 Å². The van der Waals surface area contributed by atoms with Crippen molar-refractivity contribution in [1.82, 2.24) is 9.80 Å². The zero-order chi connectivity index (χ0) is 21.4. The Hall–Kier alpha value is -1.62. The highest BCUT2D eigenvalue weighted by Crippen LogP contribution is 2.25. The van der Waals surface area contributed by atoms with Crippen LogP contribution in [0.25, 0.3) is 0 Å². The van der Waals surface area contributed by atoms with E-state index in [9.17, 15) is 9.18 Å². The normalized spacial score (nSPS) is 12.2. The third-order valence-electron chi connectivity index (χ3n) is 5.24. The second-order valence-electron chi connectivity index (χ2n) is 7.17. The van der Waals surface area contributed by atoms with E-state index in [1.165, 1.54) is 6.07 Å². The van der Waals surface area contributed by atoms with E-state index in [-0.39, 0.29) is 24.3 Å². The summed E-state index contributed by atoms with van der Waals surface area (Å²) in [5.74, 6) is -0.534. The quantitative estimate of drug-likeness (QED) is 0.435.